The number of aromatic carboxylic acids is 1. The lowest BCUT2D eigenvalue weighted by Crippen LogP contribution is -2.22. The highest BCUT2D eigenvalue weighted by Gasteiger charge is 1.99. The predicted octanol–water partition coefficient (Wildman–Crippen LogP) is 1.11. The highest BCUT2D eigenvalue weighted by atomic mass is 16.4. The molecule has 2 rings (SSSR count). The molecule has 1 aromatic heterocycles. The van der Waals surface area contributed by atoms with Gasteiger partial charge in [-0.2, -0.15) is 0 Å². The molecular weight excluding hydrogens is 190 g/mol. The first-order chi connectivity index (χ1) is 7.27. The quantitative estimate of drug-likeness (QED) is 0.726. The molecule has 0 bridgehead atoms. The number of carbonyl (C=O) groups is 1. The molecule has 3 heteroatoms. The Bertz CT molecular complexity index is 480. The monoisotopic (exact) mass is 198 g/mol. The van der Waals surface area contributed by atoms with Gasteiger partial charge in [0.25, 0.3) is 0 Å². The SMILES string of the molecule is O=C([O-])c1cccc(-c2cccnc2)c1. The van der Waals surface area contributed by atoms with Crippen molar-refractivity contribution in [3.8, 4) is 11.1 Å². The molecule has 1 aromatic carbocycles. The standard InChI is InChI=1S/C12H9NO2/c14-12(15)10-4-1-3-9(7-10)11-5-2-6-13-8-11/h1-8H,(H,14,15)/p-1. The summed E-state index contributed by atoms with van der Waals surface area (Å²) in [5, 5.41) is 10.7. The summed E-state index contributed by atoms with van der Waals surface area (Å²) in [5.41, 5.74) is 1.89. The van der Waals surface area contributed by atoms with Gasteiger partial charge in [-0.1, -0.05) is 24.3 Å². The van der Waals surface area contributed by atoms with Gasteiger partial charge in [0.2, 0.25) is 0 Å². The Morgan fingerprint density at radius 1 is 1.13 bits per heavy atom. The van der Waals surface area contributed by atoms with Crippen LogP contribution in [0.4, 0.5) is 0 Å². The molecule has 3 nitrogen and oxygen atoms in total. The van der Waals surface area contributed by atoms with Crippen LogP contribution in [0.1, 0.15) is 10.4 Å². The first-order valence-corrected chi connectivity index (χ1v) is 4.49. The molecule has 15 heavy (non-hydrogen) atoms. The molecule has 0 fully saturated rings. The summed E-state index contributed by atoms with van der Waals surface area (Å²) in [5.74, 6) is -1.17. The van der Waals surface area contributed by atoms with E-state index in [-0.39, 0.29) is 5.56 Å². The first-order valence-electron chi connectivity index (χ1n) is 4.49. The van der Waals surface area contributed by atoms with Gasteiger partial charge in [0.1, 0.15) is 0 Å². The number of rotatable bonds is 2. The molecule has 0 atom stereocenters. The first kappa shape index (κ1) is 9.40. The van der Waals surface area contributed by atoms with Crippen LogP contribution < -0.4 is 5.11 Å². The predicted molar refractivity (Wildman–Crippen MR) is 54.0 cm³/mol. The molecule has 1 heterocycles. The van der Waals surface area contributed by atoms with E-state index in [1.54, 1.807) is 30.6 Å². The fourth-order valence-electron chi connectivity index (χ4n) is 1.36. The number of pyridine rings is 1. The second-order valence-corrected chi connectivity index (χ2v) is 3.11. The lowest BCUT2D eigenvalue weighted by atomic mass is 10.1. The van der Waals surface area contributed by atoms with E-state index in [9.17, 15) is 9.90 Å². The molecule has 0 saturated heterocycles. The number of hydrogen-bond donors (Lipinski definition) is 0. The van der Waals surface area contributed by atoms with Crippen molar-refractivity contribution in [2.75, 3.05) is 0 Å². The van der Waals surface area contributed by atoms with E-state index in [4.69, 9.17) is 0 Å². The third kappa shape index (κ3) is 2.02. The third-order valence-corrected chi connectivity index (χ3v) is 2.09. The maximum absolute atomic E-state index is 10.7. The van der Waals surface area contributed by atoms with Crippen LogP contribution in [0, 0.1) is 0 Å². The van der Waals surface area contributed by atoms with Gasteiger partial charge in [0.05, 0.1) is 5.97 Å². The van der Waals surface area contributed by atoms with E-state index in [1.165, 1.54) is 6.07 Å². The third-order valence-electron chi connectivity index (χ3n) is 2.09. The zero-order chi connectivity index (χ0) is 10.7. The van der Waals surface area contributed by atoms with Crippen molar-refractivity contribution in [2.24, 2.45) is 0 Å². The molecule has 0 unspecified atom stereocenters. The van der Waals surface area contributed by atoms with Crippen molar-refractivity contribution in [3.05, 3.63) is 54.4 Å². The fourth-order valence-corrected chi connectivity index (χ4v) is 1.36. The Morgan fingerprint density at radius 2 is 1.93 bits per heavy atom. The van der Waals surface area contributed by atoms with E-state index >= 15 is 0 Å². The van der Waals surface area contributed by atoms with Crippen LogP contribution in [-0.4, -0.2) is 11.0 Å². The highest BCUT2D eigenvalue weighted by Crippen LogP contribution is 2.18. The molecule has 0 aliphatic heterocycles. The van der Waals surface area contributed by atoms with Crippen LogP contribution >= 0.6 is 0 Å². The minimum atomic E-state index is -1.17. The number of nitrogens with zero attached hydrogens (tertiary/aromatic N) is 1. The molecule has 0 aliphatic carbocycles. The average molecular weight is 198 g/mol. The summed E-state index contributed by atoms with van der Waals surface area (Å²) in [6, 6.07) is 10.3. The van der Waals surface area contributed by atoms with Crippen LogP contribution in [0.3, 0.4) is 0 Å². The van der Waals surface area contributed by atoms with E-state index in [0.29, 0.717) is 0 Å². The van der Waals surface area contributed by atoms with Crippen molar-refractivity contribution in [1.29, 1.82) is 0 Å². The zero-order valence-corrected chi connectivity index (χ0v) is 7.88. The lowest BCUT2D eigenvalue weighted by molar-refractivity contribution is -0.255. The Balaban J connectivity index is 2.46. The molecule has 0 saturated carbocycles. The van der Waals surface area contributed by atoms with Crippen molar-refractivity contribution >= 4 is 5.97 Å². The van der Waals surface area contributed by atoms with Gasteiger partial charge >= 0.3 is 0 Å². The van der Waals surface area contributed by atoms with Crippen molar-refractivity contribution < 1.29 is 9.90 Å². The summed E-state index contributed by atoms with van der Waals surface area (Å²) in [6.07, 6.45) is 3.36. The smallest absolute Gasteiger partial charge is 0.0715 e. The van der Waals surface area contributed by atoms with Crippen LogP contribution in [0.25, 0.3) is 11.1 Å². The lowest BCUT2D eigenvalue weighted by Gasteiger charge is -2.05. The summed E-state index contributed by atoms with van der Waals surface area (Å²) in [6.45, 7) is 0. The van der Waals surface area contributed by atoms with Gasteiger partial charge in [-0.25, -0.2) is 0 Å². The van der Waals surface area contributed by atoms with E-state index in [1.807, 2.05) is 12.1 Å². The highest BCUT2D eigenvalue weighted by molar-refractivity contribution is 5.87. The second kappa shape index (κ2) is 3.92. The van der Waals surface area contributed by atoms with Crippen molar-refractivity contribution in [1.82, 2.24) is 4.98 Å². The Hall–Kier alpha value is -2.16. The minimum Gasteiger partial charge on any atom is -0.545 e. The number of carboxylic acids is 1. The molecule has 74 valence electrons. The minimum absolute atomic E-state index is 0.177. The van der Waals surface area contributed by atoms with Crippen molar-refractivity contribution in [2.45, 2.75) is 0 Å². The fraction of sp³-hybridized carbons (Fsp3) is 0. The van der Waals surface area contributed by atoms with Crippen LogP contribution in [-0.2, 0) is 0 Å². The average Bonchev–Trinajstić information content (AvgIpc) is 2.30. The van der Waals surface area contributed by atoms with Crippen LogP contribution in [0.5, 0.6) is 0 Å². The topological polar surface area (TPSA) is 53.0 Å². The molecule has 0 radical (unpaired) electrons. The van der Waals surface area contributed by atoms with Gasteiger partial charge in [0.15, 0.2) is 0 Å². The summed E-state index contributed by atoms with van der Waals surface area (Å²) >= 11 is 0. The Labute approximate surface area is 87.0 Å². The Kier molecular flexibility index (Phi) is 2.46. The van der Waals surface area contributed by atoms with E-state index in [0.717, 1.165) is 11.1 Å². The van der Waals surface area contributed by atoms with Crippen LogP contribution in [0.15, 0.2) is 48.8 Å². The maximum atomic E-state index is 10.7. The number of hydrogen-bond acceptors (Lipinski definition) is 3. The summed E-state index contributed by atoms with van der Waals surface area (Å²) < 4.78 is 0. The van der Waals surface area contributed by atoms with Crippen molar-refractivity contribution in [3.63, 3.8) is 0 Å². The normalized spacial score (nSPS) is 9.87. The Morgan fingerprint density at radius 3 is 2.60 bits per heavy atom. The molecule has 2 aromatic rings. The molecule has 0 spiro atoms. The molecular formula is C12H8NO2-. The second-order valence-electron chi connectivity index (χ2n) is 3.11. The maximum Gasteiger partial charge on any atom is 0.0715 e. The van der Waals surface area contributed by atoms with Gasteiger partial charge in [-0.05, 0) is 23.3 Å². The number of carboxylic acid groups (broad SMARTS) is 1. The summed E-state index contributed by atoms with van der Waals surface area (Å²) in [7, 11) is 0. The number of aromatic nitrogens is 1. The number of benzene rings is 1. The van der Waals surface area contributed by atoms with E-state index in [2.05, 4.69) is 4.98 Å². The largest absolute Gasteiger partial charge is 0.545 e. The number of carbonyl (C=O) groups excluding carboxylic acids is 1. The van der Waals surface area contributed by atoms with E-state index < -0.39 is 5.97 Å². The zero-order valence-electron chi connectivity index (χ0n) is 7.88. The molecule has 0 amide bonds. The summed E-state index contributed by atoms with van der Waals surface area (Å²) in [4.78, 5) is 14.6. The van der Waals surface area contributed by atoms with Gasteiger partial charge in [0, 0.05) is 18.0 Å². The molecule has 0 N–H and O–H groups in total. The van der Waals surface area contributed by atoms with Gasteiger partial charge < -0.3 is 9.90 Å². The molecule has 0 aliphatic rings. The van der Waals surface area contributed by atoms with Gasteiger partial charge in [-0.15, -0.1) is 0 Å². The van der Waals surface area contributed by atoms with Crippen LogP contribution in [0.2, 0.25) is 0 Å². The van der Waals surface area contributed by atoms with Gasteiger partial charge in [-0.3, -0.25) is 4.98 Å².